The van der Waals surface area contributed by atoms with Gasteiger partial charge in [0.2, 0.25) is 0 Å². The zero-order chi connectivity index (χ0) is 13.2. The van der Waals surface area contributed by atoms with Crippen molar-refractivity contribution in [3.63, 3.8) is 0 Å². The Hall–Kier alpha value is -0.0800. The van der Waals surface area contributed by atoms with Crippen molar-refractivity contribution >= 4 is 0 Å². The van der Waals surface area contributed by atoms with E-state index in [2.05, 4.69) is 31.0 Å². The van der Waals surface area contributed by atoms with E-state index in [0.717, 1.165) is 12.1 Å². The first-order valence-corrected chi connectivity index (χ1v) is 8.25. The Labute approximate surface area is 115 Å². The van der Waals surface area contributed by atoms with Gasteiger partial charge in [0.25, 0.3) is 0 Å². The average molecular weight is 254 g/mol. The van der Waals surface area contributed by atoms with Crippen LogP contribution in [0.3, 0.4) is 0 Å². The molecule has 2 unspecified atom stereocenters. The van der Waals surface area contributed by atoms with Gasteiger partial charge in [-0.2, -0.15) is 0 Å². The predicted octanol–water partition coefficient (Wildman–Crippen LogP) is 3.81. The molecule has 1 aliphatic rings. The van der Waals surface area contributed by atoms with E-state index in [4.69, 9.17) is 0 Å². The highest BCUT2D eigenvalue weighted by atomic mass is 15.2. The molecule has 0 aromatic carbocycles. The van der Waals surface area contributed by atoms with E-state index in [1.807, 2.05) is 0 Å². The fourth-order valence-electron chi connectivity index (χ4n) is 3.02. The van der Waals surface area contributed by atoms with Crippen LogP contribution in [-0.2, 0) is 0 Å². The summed E-state index contributed by atoms with van der Waals surface area (Å²) in [6.45, 7) is 10.8. The quantitative estimate of drug-likeness (QED) is 0.663. The van der Waals surface area contributed by atoms with Gasteiger partial charge in [-0.1, -0.05) is 46.0 Å². The first kappa shape index (κ1) is 16.0. The van der Waals surface area contributed by atoms with E-state index in [1.54, 1.807) is 0 Å². The highest BCUT2D eigenvalue weighted by molar-refractivity contribution is 4.79. The summed E-state index contributed by atoms with van der Waals surface area (Å²) in [5.74, 6) is 0. The molecule has 1 aliphatic heterocycles. The predicted molar refractivity (Wildman–Crippen MR) is 81.1 cm³/mol. The average Bonchev–Trinajstić information content (AvgIpc) is 2.60. The number of hydrogen-bond acceptors (Lipinski definition) is 2. The Morgan fingerprint density at radius 3 is 2.72 bits per heavy atom. The van der Waals surface area contributed by atoms with Crippen LogP contribution in [0.4, 0.5) is 0 Å². The van der Waals surface area contributed by atoms with Crippen LogP contribution in [0.15, 0.2) is 0 Å². The molecule has 18 heavy (non-hydrogen) atoms. The maximum Gasteiger partial charge on any atom is 0.0195 e. The lowest BCUT2D eigenvalue weighted by molar-refractivity contribution is 0.190. The van der Waals surface area contributed by atoms with Crippen molar-refractivity contribution in [2.75, 3.05) is 19.6 Å². The third-order valence-corrected chi connectivity index (χ3v) is 4.25. The molecule has 0 aromatic heterocycles. The van der Waals surface area contributed by atoms with Crippen molar-refractivity contribution in [3.05, 3.63) is 0 Å². The van der Waals surface area contributed by atoms with Gasteiger partial charge in [0.05, 0.1) is 0 Å². The summed E-state index contributed by atoms with van der Waals surface area (Å²) in [6.07, 6.45) is 10.9. The first-order chi connectivity index (χ1) is 8.77. The van der Waals surface area contributed by atoms with Crippen molar-refractivity contribution in [2.45, 2.75) is 84.2 Å². The van der Waals surface area contributed by atoms with Gasteiger partial charge in [-0.3, -0.25) is 4.90 Å². The molecule has 0 radical (unpaired) electrons. The van der Waals surface area contributed by atoms with Crippen LogP contribution >= 0.6 is 0 Å². The maximum absolute atomic E-state index is 3.70. The number of hydrogen-bond donors (Lipinski definition) is 1. The van der Waals surface area contributed by atoms with Crippen LogP contribution in [0, 0.1) is 0 Å². The lowest BCUT2D eigenvalue weighted by atomic mass is 10.1. The molecule has 1 rings (SSSR count). The van der Waals surface area contributed by atoms with Crippen LogP contribution in [0.1, 0.15) is 72.1 Å². The molecule has 0 aromatic rings. The minimum absolute atomic E-state index is 0.732. The highest BCUT2D eigenvalue weighted by Crippen LogP contribution is 2.14. The van der Waals surface area contributed by atoms with Gasteiger partial charge in [-0.05, 0) is 39.3 Å². The van der Waals surface area contributed by atoms with Crippen molar-refractivity contribution in [3.8, 4) is 0 Å². The van der Waals surface area contributed by atoms with E-state index in [1.165, 1.54) is 71.0 Å². The number of unbranched alkanes of at least 4 members (excludes halogenated alkanes) is 3. The topological polar surface area (TPSA) is 15.3 Å². The van der Waals surface area contributed by atoms with Gasteiger partial charge >= 0.3 is 0 Å². The van der Waals surface area contributed by atoms with Gasteiger partial charge in [-0.15, -0.1) is 0 Å². The van der Waals surface area contributed by atoms with E-state index < -0.39 is 0 Å². The monoisotopic (exact) mass is 254 g/mol. The van der Waals surface area contributed by atoms with Gasteiger partial charge in [-0.25, -0.2) is 0 Å². The summed E-state index contributed by atoms with van der Waals surface area (Å²) < 4.78 is 0. The van der Waals surface area contributed by atoms with Gasteiger partial charge in [0.1, 0.15) is 0 Å². The van der Waals surface area contributed by atoms with Gasteiger partial charge in [0.15, 0.2) is 0 Å². The minimum atomic E-state index is 0.732. The molecule has 2 atom stereocenters. The van der Waals surface area contributed by atoms with Crippen molar-refractivity contribution in [1.29, 1.82) is 0 Å². The molecule has 0 aliphatic carbocycles. The Bertz CT molecular complexity index is 194. The van der Waals surface area contributed by atoms with Gasteiger partial charge < -0.3 is 5.32 Å². The smallest absolute Gasteiger partial charge is 0.0195 e. The zero-order valence-electron chi connectivity index (χ0n) is 12.9. The molecule has 1 saturated heterocycles. The molecule has 1 N–H and O–H groups in total. The Morgan fingerprint density at radius 2 is 2.00 bits per heavy atom. The van der Waals surface area contributed by atoms with Crippen LogP contribution in [0.25, 0.3) is 0 Å². The number of nitrogens with one attached hydrogen (secondary N) is 1. The SMILES string of the molecule is CCCCCCC(C)N1CCCNC(CCC)C1. The second-order valence-electron chi connectivity index (χ2n) is 5.99. The summed E-state index contributed by atoms with van der Waals surface area (Å²) in [5.41, 5.74) is 0. The Balaban J connectivity index is 2.28. The summed E-state index contributed by atoms with van der Waals surface area (Å²) in [7, 11) is 0. The number of rotatable bonds is 8. The van der Waals surface area contributed by atoms with E-state index in [-0.39, 0.29) is 0 Å². The molecule has 108 valence electrons. The molecule has 2 nitrogen and oxygen atoms in total. The molecule has 1 fully saturated rings. The van der Waals surface area contributed by atoms with Crippen LogP contribution in [0.2, 0.25) is 0 Å². The van der Waals surface area contributed by atoms with E-state index in [0.29, 0.717) is 0 Å². The summed E-state index contributed by atoms with van der Waals surface area (Å²) in [5, 5.41) is 3.70. The van der Waals surface area contributed by atoms with Crippen molar-refractivity contribution < 1.29 is 0 Å². The fourth-order valence-corrected chi connectivity index (χ4v) is 3.02. The fraction of sp³-hybridized carbons (Fsp3) is 1.00. The standard InChI is InChI=1S/C16H34N2/c1-4-6-7-8-11-15(3)18-13-9-12-17-16(14-18)10-5-2/h15-17H,4-14H2,1-3H3. The summed E-state index contributed by atoms with van der Waals surface area (Å²) >= 11 is 0. The van der Waals surface area contributed by atoms with Gasteiger partial charge in [0, 0.05) is 18.6 Å². The zero-order valence-corrected chi connectivity index (χ0v) is 12.9. The van der Waals surface area contributed by atoms with E-state index >= 15 is 0 Å². The Kier molecular flexibility index (Phi) is 8.70. The van der Waals surface area contributed by atoms with Crippen LogP contribution < -0.4 is 5.32 Å². The third-order valence-electron chi connectivity index (χ3n) is 4.25. The number of nitrogens with zero attached hydrogens (tertiary/aromatic N) is 1. The van der Waals surface area contributed by atoms with Crippen LogP contribution in [0.5, 0.6) is 0 Å². The molecular weight excluding hydrogens is 220 g/mol. The lowest BCUT2D eigenvalue weighted by Crippen LogP contribution is -2.41. The molecule has 0 amide bonds. The molecular formula is C16H34N2. The van der Waals surface area contributed by atoms with Crippen molar-refractivity contribution in [2.24, 2.45) is 0 Å². The molecule has 1 heterocycles. The second-order valence-corrected chi connectivity index (χ2v) is 5.99. The highest BCUT2D eigenvalue weighted by Gasteiger charge is 2.20. The molecule has 2 heteroatoms. The lowest BCUT2D eigenvalue weighted by Gasteiger charge is -2.30. The largest absolute Gasteiger partial charge is 0.313 e. The van der Waals surface area contributed by atoms with Crippen molar-refractivity contribution in [1.82, 2.24) is 10.2 Å². The molecule has 0 spiro atoms. The first-order valence-electron chi connectivity index (χ1n) is 8.25. The maximum atomic E-state index is 3.70. The molecule has 0 bridgehead atoms. The normalized spacial score (nSPS) is 23.8. The Morgan fingerprint density at radius 1 is 1.17 bits per heavy atom. The third kappa shape index (κ3) is 6.19. The minimum Gasteiger partial charge on any atom is -0.313 e. The van der Waals surface area contributed by atoms with Crippen LogP contribution in [-0.4, -0.2) is 36.6 Å². The summed E-state index contributed by atoms with van der Waals surface area (Å²) in [4.78, 5) is 2.73. The molecule has 0 saturated carbocycles. The van der Waals surface area contributed by atoms with E-state index in [9.17, 15) is 0 Å². The second kappa shape index (κ2) is 9.80. The summed E-state index contributed by atoms with van der Waals surface area (Å²) in [6, 6.07) is 1.51.